The lowest BCUT2D eigenvalue weighted by Gasteiger charge is -2.30. The Morgan fingerprint density at radius 1 is 1.53 bits per heavy atom. The summed E-state index contributed by atoms with van der Waals surface area (Å²) >= 11 is 0. The predicted molar refractivity (Wildman–Crippen MR) is 61.0 cm³/mol. The van der Waals surface area contributed by atoms with Crippen LogP contribution in [0.2, 0.25) is 0 Å². The number of hydrogen-bond acceptors (Lipinski definition) is 3. The maximum atomic E-state index is 13.6. The van der Waals surface area contributed by atoms with Gasteiger partial charge in [0.1, 0.15) is 0 Å². The number of carbonyl (C=O) groups excluding carboxylic acids is 1. The largest absolute Gasteiger partial charge is 0.494 e. The number of methoxy groups -OCH3 is 1. The van der Waals surface area contributed by atoms with E-state index in [0.29, 0.717) is 18.4 Å². The molecule has 1 saturated heterocycles. The molecule has 2 rings (SSSR count). The summed E-state index contributed by atoms with van der Waals surface area (Å²) in [5.41, 5.74) is 6.60. The van der Waals surface area contributed by atoms with Crippen molar-refractivity contribution >= 4 is 5.91 Å². The number of nitrogens with two attached hydrogens (primary N) is 1. The highest BCUT2D eigenvalue weighted by molar-refractivity contribution is 5.77. The van der Waals surface area contributed by atoms with Crippen molar-refractivity contribution in [2.75, 3.05) is 7.11 Å². The number of nitrogens with one attached hydrogen (secondary N) is 1. The van der Waals surface area contributed by atoms with E-state index in [-0.39, 0.29) is 23.7 Å². The van der Waals surface area contributed by atoms with Crippen molar-refractivity contribution < 1.29 is 13.9 Å². The lowest BCUT2D eigenvalue weighted by molar-refractivity contribution is -0.123. The van der Waals surface area contributed by atoms with Crippen LogP contribution >= 0.6 is 0 Å². The zero-order chi connectivity index (χ0) is 12.4. The molecular weight excluding hydrogens is 223 g/mol. The summed E-state index contributed by atoms with van der Waals surface area (Å²) in [6.07, 6.45) is 1.04. The van der Waals surface area contributed by atoms with Gasteiger partial charge in [0.25, 0.3) is 0 Å². The first-order chi connectivity index (χ1) is 8.11. The second-order valence-electron chi connectivity index (χ2n) is 4.14. The third-order valence-corrected chi connectivity index (χ3v) is 2.98. The van der Waals surface area contributed by atoms with E-state index in [2.05, 4.69) is 5.32 Å². The van der Waals surface area contributed by atoms with Crippen LogP contribution in [0.5, 0.6) is 5.75 Å². The highest BCUT2D eigenvalue weighted by Crippen LogP contribution is 2.26. The van der Waals surface area contributed by atoms with E-state index in [4.69, 9.17) is 10.5 Å². The highest BCUT2D eigenvalue weighted by atomic mass is 19.1. The second kappa shape index (κ2) is 4.71. The van der Waals surface area contributed by atoms with Crippen molar-refractivity contribution in [1.29, 1.82) is 0 Å². The SMILES string of the molecule is COc1ccc(C2NC(=O)CCC2N)cc1F. The number of carbonyl (C=O) groups is 1. The lowest BCUT2D eigenvalue weighted by Crippen LogP contribution is -2.45. The van der Waals surface area contributed by atoms with Crippen molar-refractivity contribution in [2.45, 2.75) is 24.9 Å². The molecule has 3 N–H and O–H groups in total. The van der Waals surface area contributed by atoms with E-state index in [1.54, 1.807) is 6.07 Å². The molecule has 0 aromatic heterocycles. The molecule has 92 valence electrons. The van der Waals surface area contributed by atoms with Crippen LogP contribution in [0.15, 0.2) is 18.2 Å². The number of benzene rings is 1. The molecule has 1 amide bonds. The molecule has 1 aromatic rings. The Balaban J connectivity index is 2.26. The Morgan fingerprint density at radius 2 is 2.29 bits per heavy atom. The third-order valence-electron chi connectivity index (χ3n) is 2.98. The van der Waals surface area contributed by atoms with E-state index in [0.717, 1.165) is 0 Å². The zero-order valence-electron chi connectivity index (χ0n) is 9.57. The normalized spacial score (nSPS) is 24.3. The molecule has 2 unspecified atom stereocenters. The van der Waals surface area contributed by atoms with Gasteiger partial charge in [-0.1, -0.05) is 6.07 Å². The van der Waals surface area contributed by atoms with Crippen molar-refractivity contribution in [2.24, 2.45) is 5.73 Å². The molecule has 1 fully saturated rings. The Morgan fingerprint density at radius 3 is 2.94 bits per heavy atom. The van der Waals surface area contributed by atoms with Crippen molar-refractivity contribution in [3.05, 3.63) is 29.6 Å². The average molecular weight is 238 g/mol. The van der Waals surface area contributed by atoms with Gasteiger partial charge in [-0.15, -0.1) is 0 Å². The minimum atomic E-state index is -0.447. The van der Waals surface area contributed by atoms with Crippen molar-refractivity contribution in [3.63, 3.8) is 0 Å². The summed E-state index contributed by atoms with van der Waals surface area (Å²) in [4.78, 5) is 11.3. The molecule has 5 heteroatoms. The Hall–Kier alpha value is -1.62. The fourth-order valence-electron chi connectivity index (χ4n) is 2.02. The Labute approximate surface area is 98.9 Å². The van der Waals surface area contributed by atoms with Gasteiger partial charge >= 0.3 is 0 Å². The van der Waals surface area contributed by atoms with Crippen LogP contribution in [-0.4, -0.2) is 19.1 Å². The molecule has 0 saturated carbocycles. The first-order valence-corrected chi connectivity index (χ1v) is 5.50. The summed E-state index contributed by atoms with van der Waals surface area (Å²) in [6.45, 7) is 0. The summed E-state index contributed by atoms with van der Waals surface area (Å²) in [5, 5.41) is 2.78. The first-order valence-electron chi connectivity index (χ1n) is 5.50. The zero-order valence-corrected chi connectivity index (χ0v) is 9.57. The molecule has 17 heavy (non-hydrogen) atoms. The summed E-state index contributed by atoms with van der Waals surface area (Å²) in [6, 6.07) is 4.11. The fourth-order valence-corrected chi connectivity index (χ4v) is 2.02. The summed E-state index contributed by atoms with van der Waals surface area (Å²) in [7, 11) is 1.41. The Kier molecular flexibility index (Phi) is 3.28. The van der Waals surface area contributed by atoms with Crippen molar-refractivity contribution in [1.82, 2.24) is 5.32 Å². The van der Waals surface area contributed by atoms with Crippen LogP contribution in [0.25, 0.3) is 0 Å². The number of rotatable bonds is 2. The van der Waals surface area contributed by atoms with Crippen LogP contribution < -0.4 is 15.8 Å². The number of halogens is 1. The van der Waals surface area contributed by atoms with Crippen LogP contribution in [-0.2, 0) is 4.79 Å². The third kappa shape index (κ3) is 2.39. The van der Waals surface area contributed by atoms with Gasteiger partial charge in [0, 0.05) is 12.5 Å². The fraction of sp³-hybridized carbons (Fsp3) is 0.417. The van der Waals surface area contributed by atoms with E-state index in [1.807, 2.05) is 0 Å². The first kappa shape index (κ1) is 11.9. The number of amides is 1. The molecule has 2 atom stereocenters. The van der Waals surface area contributed by atoms with E-state index in [9.17, 15) is 9.18 Å². The highest BCUT2D eigenvalue weighted by Gasteiger charge is 2.27. The van der Waals surface area contributed by atoms with Gasteiger partial charge in [-0.25, -0.2) is 4.39 Å². The van der Waals surface area contributed by atoms with E-state index >= 15 is 0 Å². The second-order valence-corrected chi connectivity index (χ2v) is 4.14. The predicted octanol–water partition coefficient (Wildman–Crippen LogP) is 1.11. The molecule has 1 aliphatic rings. The van der Waals surface area contributed by atoms with Gasteiger partial charge in [-0.2, -0.15) is 0 Å². The number of piperidine rings is 1. The summed E-state index contributed by atoms with van der Waals surface area (Å²) in [5.74, 6) is -0.311. The van der Waals surface area contributed by atoms with Gasteiger partial charge in [-0.3, -0.25) is 4.79 Å². The summed E-state index contributed by atoms with van der Waals surface area (Å²) < 4.78 is 18.4. The minimum absolute atomic E-state index is 0.0482. The maximum Gasteiger partial charge on any atom is 0.220 e. The van der Waals surface area contributed by atoms with Gasteiger partial charge in [0.05, 0.1) is 13.2 Å². The maximum absolute atomic E-state index is 13.6. The molecule has 4 nitrogen and oxygen atoms in total. The van der Waals surface area contributed by atoms with Crippen LogP contribution in [0.1, 0.15) is 24.4 Å². The number of hydrogen-bond donors (Lipinski definition) is 2. The van der Waals surface area contributed by atoms with Gasteiger partial charge in [0.2, 0.25) is 5.91 Å². The molecule has 0 bridgehead atoms. The van der Waals surface area contributed by atoms with Crippen molar-refractivity contribution in [3.8, 4) is 5.75 Å². The van der Waals surface area contributed by atoms with Crippen LogP contribution in [0, 0.1) is 5.82 Å². The van der Waals surface area contributed by atoms with Gasteiger partial charge < -0.3 is 15.8 Å². The smallest absolute Gasteiger partial charge is 0.220 e. The standard InChI is InChI=1S/C12H15FN2O2/c1-17-10-4-2-7(6-8(10)13)12-9(14)3-5-11(16)15-12/h2,4,6,9,12H,3,5,14H2,1H3,(H,15,16). The molecular formula is C12H15FN2O2. The molecule has 1 aliphatic heterocycles. The van der Waals surface area contributed by atoms with E-state index < -0.39 is 5.82 Å². The lowest BCUT2D eigenvalue weighted by atomic mass is 9.92. The molecule has 0 spiro atoms. The van der Waals surface area contributed by atoms with E-state index in [1.165, 1.54) is 19.2 Å². The Bertz CT molecular complexity index is 437. The topological polar surface area (TPSA) is 64.3 Å². The number of ether oxygens (including phenoxy) is 1. The average Bonchev–Trinajstić information content (AvgIpc) is 2.32. The quantitative estimate of drug-likeness (QED) is 0.811. The molecule has 1 aromatic carbocycles. The molecule has 0 radical (unpaired) electrons. The van der Waals surface area contributed by atoms with Crippen LogP contribution in [0.4, 0.5) is 4.39 Å². The van der Waals surface area contributed by atoms with Gasteiger partial charge in [-0.05, 0) is 24.1 Å². The van der Waals surface area contributed by atoms with Gasteiger partial charge in [0.15, 0.2) is 11.6 Å². The minimum Gasteiger partial charge on any atom is -0.494 e. The monoisotopic (exact) mass is 238 g/mol. The molecule has 1 heterocycles. The molecule has 0 aliphatic carbocycles. The van der Waals surface area contributed by atoms with Crippen LogP contribution in [0.3, 0.4) is 0 Å².